The molecule has 110 valence electrons. The van der Waals surface area contributed by atoms with E-state index in [1.54, 1.807) is 12.1 Å². The van der Waals surface area contributed by atoms with Gasteiger partial charge in [-0.1, -0.05) is 12.1 Å². The maximum Gasteiger partial charge on any atom is 0.231 e. The van der Waals surface area contributed by atoms with Crippen LogP contribution in [-0.4, -0.2) is 28.0 Å². The van der Waals surface area contributed by atoms with Crippen molar-refractivity contribution in [2.75, 3.05) is 29.0 Å². The zero-order valence-corrected chi connectivity index (χ0v) is 11.6. The zero-order chi connectivity index (χ0) is 14.7. The van der Waals surface area contributed by atoms with Crippen LogP contribution in [0.2, 0.25) is 0 Å². The number of aromatic nitrogens is 3. The van der Waals surface area contributed by atoms with Crippen LogP contribution in [0.3, 0.4) is 0 Å². The number of benzene rings is 1. The smallest absolute Gasteiger partial charge is 0.231 e. The molecule has 2 aromatic rings. The first-order valence-electron chi connectivity index (χ1n) is 6.95. The average Bonchev–Trinajstić information content (AvgIpc) is 3.00. The first-order chi connectivity index (χ1) is 10.2. The topological polar surface area (TPSA) is 80.0 Å². The number of nitrogens with one attached hydrogen (secondary N) is 1. The highest BCUT2D eigenvalue weighted by Gasteiger charge is 2.16. The van der Waals surface area contributed by atoms with Crippen LogP contribution in [0.1, 0.15) is 18.4 Å². The van der Waals surface area contributed by atoms with Crippen LogP contribution in [0, 0.1) is 5.82 Å². The lowest BCUT2D eigenvalue weighted by atomic mass is 10.2. The molecule has 1 aromatic heterocycles. The second-order valence-corrected chi connectivity index (χ2v) is 4.99. The molecule has 0 unspecified atom stereocenters. The van der Waals surface area contributed by atoms with Crippen LogP contribution >= 0.6 is 0 Å². The Balaban J connectivity index is 1.71. The van der Waals surface area contributed by atoms with E-state index in [2.05, 4.69) is 25.2 Å². The van der Waals surface area contributed by atoms with Crippen LogP contribution in [-0.2, 0) is 6.54 Å². The van der Waals surface area contributed by atoms with E-state index in [1.165, 1.54) is 12.1 Å². The van der Waals surface area contributed by atoms with Gasteiger partial charge in [-0.2, -0.15) is 15.0 Å². The van der Waals surface area contributed by atoms with Gasteiger partial charge < -0.3 is 16.0 Å². The molecule has 1 aliphatic heterocycles. The van der Waals surface area contributed by atoms with Crippen molar-refractivity contribution in [1.82, 2.24) is 15.0 Å². The largest absolute Gasteiger partial charge is 0.368 e. The summed E-state index contributed by atoms with van der Waals surface area (Å²) in [6, 6.07) is 6.28. The number of nitrogen functional groups attached to an aromatic ring is 1. The van der Waals surface area contributed by atoms with Crippen molar-refractivity contribution in [3.8, 4) is 0 Å². The minimum atomic E-state index is -0.250. The van der Waals surface area contributed by atoms with E-state index in [9.17, 15) is 4.39 Å². The third-order valence-corrected chi connectivity index (χ3v) is 3.39. The molecule has 2 heterocycles. The number of anilines is 3. The van der Waals surface area contributed by atoms with Crippen molar-refractivity contribution in [2.24, 2.45) is 0 Å². The molecule has 0 atom stereocenters. The van der Waals surface area contributed by atoms with E-state index in [4.69, 9.17) is 5.73 Å². The molecule has 0 spiro atoms. The molecule has 0 bridgehead atoms. The normalized spacial score (nSPS) is 14.4. The third kappa shape index (κ3) is 3.36. The van der Waals surface area contributed by atoms with Gasteiger partial charge in [-0.3, -0.25) is 0 Å². The minimum Gasteiger partial charge on any atom is -0.368 e. The number of rotatable bonds is 4. The van der Waals surface area contributed by atoms with E-state index < -0.39 is 0 Å². The summed E-state index contributed by atoms with van der Waals surface area (Å²) < 4.78 is 12.9. The summed E-state index contributed by atoms with van der Waals surface area (Å²) in [4.78, 5) is 14.7. The Morgan fingerprint density at radius 2 is 1.81 bits per heavy atom. The van der Waals surface area contributed by atoms with Crippen LogP contribution in [0.25, 0.3) is 0 Å². The molecule has 3 rings (SSSR count). The molecule has 1 saturated heterocycles. The highest BCUT2D eigenvalue weighted by Crippen LogP contribution is 2.17. The molecule has 1 fully saturated rings. The van der Waals surface area contributed by atoms with Gasteiger partial charge in [0.15, 0.2) is 0 Å². The van der Waals surface area contributed by atoms with Gasteiger partial charge in [0.2, 0.25) is 17.8 Å². The summed E-state index contributed by atoms with van der Waals surface area (Å²) in [6.45, 7) is 2.39. The maximum atomic E-state index is 12.9. The number of hydrogen-bond donors (Lipinski definition) is 2. The van der Waals surface area contributed by atoms with Gasteiger partial charge >= 0.3 is 0 Å². The highest BCUT2D eigenvalue weighted by atomic mass is 19.1. The molecule has 1 aliphatic rings. The van der Waals surface area contributed by atoms with E-state index in [0.717, 1.165) is 31.5 Å². The molecule has 1 aromatic carbocycles. The van der Waals surface area contributed by atoms with Crippen LogP contribution in [0.4, 0.5) is 22.2 Å². The second-order valence-electron chi connectivity index (χ2n) is 4.99. The predicted octanol–water partition coefficient (Wildman–Crippen LogP) is 1.81. The van der Waals surface area contributed by atoms with E-state index in [1.807, 2.05) is 0 Å². The fourth-order valence-electron chi connectivity index (χ4n) is 2.30. The van der Waals surface area contributed by atoms with Crippen molar-refractivity contribution in [2.45, 2.75) is 19.4 Å². The van der Waals surface area contributed by atoms with Crippen molar-refractivity contribution >= 4 is 17.8 Å². The SMILES string of the molecule is Nc1nc(NCc2ccc(F)cc2)nc(N2CCCC2)n1. The van der Waals surface area contributed by atoms with Crippen LogP contribution in [0.5, 0.6) is 0 Å². The van der Waals surface area contributed by atoms with E-state index in [-0.39, 0.29) is 11.8 Å². The van der Waals surface area contributed by atoms with Crippen molar-refractivity contribution in [3.05, 3.63) is 35.6 Å². The predicted molar refractivity (Wildman–Crippen MR) is 79.4 cm³/mol. The summed E-state index contributed by atoms with van der Waals surface area (Å²) in [7, 11) is 0. The molecule has 7 heteroatoms. The fraction of sp³-hybridized carbons (Fsp3) is 0.357. The summed E-state index contributed by atoms with van der Waals surface area (Å²) in [5.41, 5.74) is 6.68. The quantitative estimate of drug-likeness (QED) is 0.893. The second kappa shape index (κ2) is 5.90. The summed E-state index contributed by atoms with van der Waals surface area (Å²) >= 11 is 0. The molecular weight excluding hydrogens is 271 g/mol. The van der Waals surface area contributed by atoms with Gasteiger partial charge in [0.05, 0.1) is 0 Å². The standard InChI is InChI=1S/C14H17FN6/c15-11-5-3-10(4-6-11)9-17-13-18-12(16)19-14(20-13)21-7-1-2-8-21/h3-6H,1-2,7-9H2,(H3,16,17,18,19,20). The molecule has 21 heavy (non-hydrogen) atoms. The van der Waals surface area contributed by atoms with Crippen molar-refractivity contribution in [3.63, 3.8) is 0 Å². The first-order valence-corrected chi connectivity index (χ1v) is 6.95. The van der Waals surface area contributed by atoms with Gasteiger partial charge in [-0.25, -0.2) is 4.39 Å². The summed E-state index contributed by atoms with van der Waals surface area (Å²) in [6.07, 6.45) is 2.29. The lowest BCUT2D eigenvalue weighted by Gasteiger charge is -2.16. The van der Waals surface area contributed by atoms with Gasteiger partial charge in [0, 0.05) is 19.6 Å². The zero-order valence-electron chi connectivity index (χ0n) is 11.6. The first kappa shape index (κ1) is 13.5. The molecule has 0 radical (unpaired) electrons. The molecule has 3 N–H and O–H groups in total. The van der Waals surface area contributed by atoms with Gasteiger partial charge in [-0.15, -0.1) is 0 Å². The van der Waals surface area contributed by atoms with Gasteiger partial charge in [0.1, 0.15) is 5.82 Å². The fourth-order valence-corrected chi connectivity index (χ4v) is 2.30. The van der Waals surface area contributed by atoms with E-state index >= 15 is 0 Å². The number of nitrogens with zero attached hydrogens (tertiary/aromatic N) is 4. The Morgan fingerprint density at radius 1 is 1.10 bits per heavy atom. The lowest BCUT2D eigenvalue weighted by Crippen LogP contribution is -2.22. The van der Waals surface area contributed by atoms with E-state index in [0.29, 0.717) is 18.4 Å². The highest BCUT2D eigenvalue weighted by molar-refractivity contribution is 5.42. The van der Waals surface area contributed by atoms with Crippen molar-refractivity contribution < 1.29 is 4.39 Å². The molecule has 0 saturated carbocycles. The molecule has 0 aliphatic carbocycles. The Labute approximate surface area is 122 Å². The Hall–Kier alpha value is -2.44. The van der Waals surface area contributed by atoms with Crippen LogP contribution < -0.4 is 16.0 Å². The summed E-state index contributed by atoms with van der Waals surface area (Å²) in [5.74, 6) is 1.00. The Bertz CT molecular complexity index is 609. The Kier molecular flexibility index (Phi) is 3.81. The van der Waals surface area contributed by atoms with Gasteiger partial charge in [-0.05, 0) is 30.5 Å². The lowest BCUT2D eigenvalue weighted by molar-refractivity contribution is 0.627. The molecule has 0 amide bonds. The molecule has 6 nitrogen and oxygen atoms in total. The minimum absolute atomic E-state index is 0.202. The monoisotopic (exact) mass is 288 g/mol. The van der Waals surface area contributed by atoms with Crippen LogP contribution in [0.15, 0.2) is 24.3 Å². The molecular formula is C14H17FN6. The van der Waals surface area contributed by atoms with Gasteiger partial charge in [0.25, 0.3) is 0 Å². The third-order valence-electron chi connectivity index (χ3n) is 3.39. The average molecular weight is 288 g/mol. The summed E-state index contributed by atoms with van der Waals surface area (Å²) in [5, 5.41) is 3.09. The number of halogens is 1. The number of nitrogens with two attached hydrogens (primary N) is 1. The maximum absolute atomic E-state index is 12.9. The van der Waals surface area contributed by atoms with Crippen molar-refractivity contribution in [1.29, 1.82) is 0 Å². The Morgan fingerprint density at radius 3 is 2.52 bits per heavy atom. The number of hydrogen-bond acceptors (Lipinski definition) is 6.